The maximum atomic E-state index is 11.9. The van der Waals surface area contributed by atoms with Crippen molar-refractivity contribution in [2.75, 3.05) is 17.7 Å². The molecular formula is C16H18N2O2S. The van der Waals surface area contributed by atoms with Gasteiger partial charge in [-0.1, -0.05) is 12.1 Å². The van der Waals surface area contributed by atoms with Crippen LogP contribution in [0.15, 0.2) is 53.7 Å². The summed E-state index contributed by atoms with van der Waals surface area (Å²) in [6, 6.07) is 11.5. The predicted octanol–water partition coefficient (Wildman–Crippen LogP) is 2.74. The molecule has 0 radical (unpaired) electrons. The average Bonchev–Trinajstić information content (AvgIpc) is 2.52. The smallest absolute Gasteiger partial charge is 0.234 e. The second kappa shape index (κ2) is 8.44. The minimum Gasteiger partial charge on any atom is -0.396 e. The summed E-state index contributed by atoms with van der Waals surface area (Å²) in [6.07, 6.45) is 4.97. The van der Waals surface area contributed by atoms with Crippen molar-refractivity contribution >= 4 is 23.4 Å². The summed E-state index contributed by atoms with van der Waals surface area (Å²) in [6.45, 7) is 0.180. The number of hydrogen-bond acceptors (Lipinski definition) is 4. The van der Waals surface area contributed by atoms with E-state index in [9.17, 15) is 4.79 Å². The molecule has 0 bridgehead atoms. The van der Waals surface area contributed by atoms with E-state index in [1.165, 1.54) is 11.8 Å². The average molecular weight is 302 g/mol. The van der Waals surface area contributed by atoms with Gasteiger partial charge < -0.3 is 10.4 Å². The lowest BCUT2D eigenvalue weighted by atomic mass is 10.1. The molecule has 0 spiro atoms. The number of carbonyl (C=O) groups is 1. The van der Waals surface area contributed by atoms with Crippen LogP contribution in [0.2, 0.25) is 0 Å². The number of thioether (sulfide) groups is 1. The summed E-state index contributed by atoms with van der Waals surface area (Å²) >= 11 is 1.48. The molecule has 1 amide bonds. The van der Waals surface area contributed by atoms with Crippen molar-refractivity contribution in [1.29, 1.82) is 0 Å². The molecular weight excluding hydrogens is 284 g/mol. The van der Waals surface area contributed by atoms with Gasteiger partial charge in [-0.05, 0) is 42.7 Å². The SMILES string of the molecule is O=C(CSc1ccncc1)Nc1cccc(CCCO)c1. The van der Waals surface area contributed by atoms with E-state index in [-0.39, 0.29) is 12.5 Å². The lowest BCUT2D eigenvalue weighted by molar-refractivity contribution is -0.113. The van der Waals surface area contributed by atoms with Crippen molar-refractivity contribution in [1.82, 2.24) is 4.98 Å². The molecule has 0 saturated carbocycles. The molecule has 5 heteroatoms. The molecule has 1 aromatic heterocycles. The maximum Gasteiger partial charge on any atom is 0.234 e. The largest absolute Gasteiger partial charge is 0.396 e. The van der Waals surface area contributed by atoms with E-state index in [1.807, 2.05) is 36.4 Å². The molecule has 0 saturated heterocycles. The molecule has 1 aromatic carbocycles. The van der Waals surface area contributed by atoms with Gasteiger partial charge in [0.15, 0.2) is 0 Å². The molecule has 1 heterocycles. The van der Waals surface area contributed by atoms with Gasteiger partial charge in [0.25, 0.3) is 0 Å². The summed E-state index contributed by atoms with van der Waals surface area (Å²) in [5, 5.41) is 11.7. The number of carbonyl (C=O) groups excluding carboxylic acids is 1. The Morgan fingerprint density at radius 3 is 2.81 bits per heavy atom. The van der Waals surface area contributed by atoms with E-state index in [0.29, 0.717) is 5.75 Å². The van der Waals surface area contributed by atoms with Crippen molar-refractivity contribution in [2.45, 2.75) is 17.7 Å². The number of aliphatic hydroxyl groups excluding tert-OH is 1. The molecule has 110 valence electrons. The number of amides is 1. The summed E-state index contributed by atoms with van der Waals surface area (Å²) in [4.78, 5) is 16.9. The Kier molecular flexibility index (Phi) is 6.24. The van der Waals surface area contributed by atoms with Crippen LogP contribution in [0.3, 0.4) is 0 Å². The number of anilines is 1. The van der Waals surface area contributed by atoms with E-state index in [0.717, 1.165) is 29.0 Å². The van der Waals surface area contributed by atoms with Crippen LogP contribution in [-0.4, -0.2) is 28.4 Å². The molecule has 0 fully saturated rings. The summed E-state index contributed by atoms with van der Waals surface area (Å²) in [5.41, 5.74) is 1.91. The van der Waals surface area contributed by atoms with Gasteiger partial charge in [-0.3, -0.25) is 9.78 Å². The van der Waals surface area contributed by atoms with Crippen molar-refractivity contribution in [3.8, 4) is 0 Å². The van der Waals surface area contributed by atoms with E-state index in [1.54, 1.807) is 12.4 Å². The first kappa shape index (κ1) is 15.5. The molecule has 4 nitrogen and oxygen atoms in total. The van der Waals surface area contributed by atoms with Crippen LogP contribution in [0, 0.1) is 0 Å². The highest BCUT2D eigenvalue weighted by Gasteiger charge is 2.04. The first-order valence-corrected chi connectivity index (χ1v) is 7.79. The number of benzene rings is 1. The second-order valence-electron chi connectivity index (χ2n) is 4.55. The minimum absolute atomic E-state index is 0.0314. The van der Waals surface area contributed by atoms with Crippen LogP contribution in [-0.2, 0) is 11.2 Å². The van der Waals surface area contributed by atoms with Gasteiger partial charge in [0, 0.05) is 29.6 Å². The molecule has 21 heavy (non-hydrogen) atoms. The molecule has 2 N–H and O–H groups in total. The number of aromatic nitrogens is 1. The van der Waals surface area contributed by atoms with Crippen LogP contribution in [0.5, 0.6) is 0 Å². The zero-order valence-corrected chi connectivity index (χ0v) is 12.5. The minimum atomic E-state index is -0.0314. The first-order chi connectivity index (χ1) is 10.3. The first-order valence-electron chi connectivity index (χ1n) is 6.80. The second-order valence-corrected chi connectivity index (χ2v) is 5.60. The van der Waals surface area contributed by atoms with Crippen molar-refractivity contribution in [3.63, 3.8) is 0 Å². The fourth-order valence-electron chi connectivity index (χ4n) is 1.87. The van der Waals surface area contributed by atoms with Gasteiger partial charge in [0.05, 0.1) is 5.75 Å². The van der Waals surface area contributed by atoms with Gasteiger partial charge in [0.2, 0.25) is 5.91 Å². The molecule has 2 aromatic rings. The van der Waals surface area contributed by atoms with Crippen LogP contribution < -0.4 is 5.32 Å². The number of rotatable bonds is 7. The zero-order valence-electron chi connectivity index (χ0n) is 11.7. The normalized spacial score (nSPS) is 10.3. The van der Waals surface area contributed by atoms with Gasteiger partial charge in [-0.15, -0.1) is 11.8 Å². The number of nitrogens with one attached hydrogen (secondary N) is 1. The summed E-state index contributed by atoms with van der Waals surface area (Å²) < 4.78 is 0. The fraction of sp³-hybridized carbons (Fsp3) is 0.250. The number of pyridine rings is 1. The lowest BCUT2D eigenvalue weighted by Gasteiger charge is -2.07. The Morgan fingerprint density at radius 2 is 2.05 bits per heavy atom. The van der Waals surface area contributed by atoms with Gasteiger partial charge >= 0.3 is 0 Å². The summed E-state index contributed by atoms with van der Waals surface area (Å²) in [5.74, 6) is 0.335. The monoisotopic (exact) mass is 302 g/mol. The Bertz CT molecular complexity index is 575. The van der Waals surface area contributed by atoms with E-state index in [4.69, 9.17) is 5.11 Å². The third-order valence-corrected chi connectivity index (χ3v) is 3.87. The quantitative estimate of drug-likeness (QED) is 0.772. The molecule has 0 unspecified atom stereocenters. The Balaban J connectivity index is 1.84. The third-order valence-electron chi connectivity index (χ3n) is 2.85. The van der Waals surface area contributed by atoms with E-state index >= 15 is 0 Å². The maximum absolute atomic E-state index is 11.9. The van der Waals surface area contributed by atoms with Crippen molar-refractivity contribution in [3.05, 3.63) is 54.4 Å². The number of aryl methyl sites for hydroxylation is 1. The van der Waals surface area contributed by atoms with Crippen LogP contribution in [0.4, 0.5) is 5.69 Å². The van der Waals surface area contributed by atoms with Gasteiger partial charge in [-0.2, -0.15) is 0 Å². The molecule has 0 aliphatic heterocycles. The summed E-state index contributed by atoms with van der Waals surface area (Å²) in [7, 11) is 0. The zero-order chi connectivity index (χ0) is 14.9. The highest BCUT2D eigenvalue weighted by molar-refractivity contribution is 8.00. The van der Waals surface area contributed by atoms with E-state index in [2.05, 4.69) is 10.3 Å². The molecule has 0 aliphatic rings. The van der Waals surface area contributed by atoms with Crippen LogP contribution >= 0.6 is 11.8 Å². The Morgan fingerprint density at radius 1 is 1.24 bits per heavy atom. The molecule has 0 aliphatic carbocycles. The van der Waals surface area contributed by atoms with Crippen LogP contribution in [0.1, 0.15) is 12.0 Å². The van der Waals surface area contributed by atoms with Gasteiger partial charge in [0.1, 0.15) is 0 Å². The standard InChI is InChI=1S/C16H18N2O2S/c19-10-2-4-13-3-1-5-14(11-13)18-16(20)12-21-15-6-8-17-9-7-15/h1,3,5-9,11,19H,2,4,10,12H2,(H,18,20). The van der Waals surface area contributed by atoms with E-state index < -0.39 is 0 Å². The topological polar surface area (TPSA) is 62.2 Å². The van der Waals surface area contributed by atoms with Gasteiger partial charge in [-0.25, -0.2) is 0 Å². The molecule has 0 atom stereocenters. The number of aliphatic hydroxyl groups is 1. The highest BCUT2D eigenvalue weighted by Crippen LogP contribution is 2.17. The number of hydrogen-bond donors (Lipinski definition) is 2. The Hall–Kier alpha value is -1.85. The Labute approximate surface area is 128 Å². The third kappa shape index (κ3) is 5.57. The van der Waals surface area contributed by atoms with Crippen molar-refractivity contribution < 1.29 is 9.90 Å². The van der Waals surface area contributed by atoms with Crippen LogP contribution in [0.25, 0.3) is 0 Å². The lowest BCUT2D eigenvalue weighted by Crippen LogP contribution is -2.14. The predicted molar refractivity (Wildman–Crippen MR) is 85.4 cm³/mol. The number of nitrogens with zero attached hydrogens (tertiary/aromatic N) is 1. The van der Waals surface area contributed by atoms with Crippen molar-refractivity contribution in [2.24, 2.45) is 0 Å². The molecule has 2 rings (SSSR count). The highest BCUT2D eigenvalue weighted by atomic mass is 32.2. The fourth-order valence-corrected chi connectivity index (χ4v) is 2.55.